The van der Waals surface area contributed by atoms with Gasteiger partial charge in [-0.05, 0) is 32.1 Å². The summed E-state index contributed by atoms with van der Waals surface area (Å²) >= 11 is 0. The molecule has 2 atom stereocenters. The molecular weight excluding hydrogens is 124 g/mol. The Morgan fingerprint density at radius 2 is 2.20 bits per heavy atom. The van der Waals surface area contributed by atoms with Gasteiger partial charge in [-0.15, -0.1) is 0 Å². The predicted molar refractivity (Wildman–Crippen MR) is 40.9 cm³/mol. The van der Waals surface area contributed by atoms with Gasteiger partial charge in [-0.2, -0.15) is 0 Å². The number of fused-ring (bicyclic) bond motifs is 1. The van der Waals surface area contributed by atoms with E-state index in [-0.39, 0.29) is 5.60 Å². The molecule has 0 bridgehead atoms. The van der Waals surface area contributed by atoms with Crippen molar-refractivity contribution >= 4 is 0 Å². The molecule has 2 rings (SSSR count). The van der Waals surface area contributed by atoms with E-state index in [0.29, 0.717) is 0 Å². The highest BCUT2D eigenvalue weighted by atomic mass is 16.5. The maximum Gasteiger partial charge on any atom is 0.0683 e. The number of ether oxygens (including phenoxy) is 1. The van der Waals surface area contributed by atoms with Crippen molar-refractivity contribution in [3.63, 3.8) is 0 Å². The Labute approximate surface area is 62.8 Å². The molecule has 2 fully saturated rings. The van der Waals surface area contributed by atoms with E-state index in [1.807, 2.05) is 0 Å². The highest BCUT2D eigenvalue weighted by Crippen LogP contribution is 2.42. The molecule has 0 radical (unpaired) electrons. The predicted octanol–water partition coefficient (Wildman–Crippen LogP) is 2.36. The summed E-state index contributed by atoms with van der Waals surface area (Å²) in [6.45, 7) is 3.31. The largest absolute Gasteiger partial charge is 0.375 e. The molecule has 1 heterocycles. The van der Waals surface area contributed by atoms with E-state index in [1.54, 1.807) is 0 Å². The van der Waals surface area contributed by atoms with Crippen molar-refractivity contribution in [3.8, 4) is 0 Å². The van der Waals surface area contributed by atoms with Crippen LogP contribution in [0, 0.1) is 5.92 Å². The first-order chi connectivity index (χ1) is 4.81. The molecule has 0 unspecified atom stereocenters. The minimum atomic E-state index is 0.290. The van der Waals surface area contributed by atoms with Crippen LogP contribution in [0.2, 0.25) is 0 Å². The number of hydrogen-bond acceptors (Lipinski definition) is 1. The van der Waals surface area contributed by atoms with Crippen molar-refractivity contribution in [2.45, 2.75) is 44.6 Å². The molecule has 0 aromatic rings. The zero-order valence-electron chi connectivity index (χ0n) is 6.73. The molecule has 10 heavy (non-hydrogen) atoms. The fraction of sp³-hybridized carbons (Fsp3) is 1.00. The van der Waals surface area contributed by atoms with Crippen LogP contribution in [0.15, 0.2) is 0 Å². The van der Waals surface area contributed by atoms with Crippen LogP contribution in [0.4, 0.5) is 0 Å². The van der Waals surface area contributed by atoms with E-state index in [0.717, 1.165) is 12.5 Å². The van der Waals surface area contributed by atoms with Gasteiger partial charge in [-0.1, -0.05) is 12.8 Å². The first-order valence-corrected chi connectivity index (χ1v) is 4.45. The fourth-order valence-electron chi connectivity index (χ4n) is 2.45. The maximum absolute atomic E-state index is 5.74. The van der Waals surface area contributed by atoms with E-state index in [1.165, 1.54) is 32.1 Å². The summed E-state index contributed by atoms with van der Waals surface area (Å²) in [6, 6.07) is 0. The van der Waals surface area contributed by atoms with Crippen molar-refractivity contribution in [2.75, 3.05) is 6.61 Å². The van der Waals surface area contributed by atoms with Gasteiger partial charge in [-0.25, -0.2) is 0 Å². The second kappa shape index (κ2) is 2.23. The van der Waals surface area contributed by atoms with Gasteiger partial charge in [0, 0.05) is 6.61 Å². The quantitative estimate of drug-likeness (QED) is 0.502. The molecule has 0 aromatic heterocycles. The summed E-state index contributed by atoms with van der Waals surface area (Å²) < 4.78 is 5.74. The SMILES string of the molecule is C[C@]12CCCC[C@H]1CCO2. The molecule has 0 N–H and O–H groups in total. The fourth-order valence-corrected chi connectivity index (χ4v) is 2.45. The summed E-state index contributed by atoms with van der Waals surface area (Å²) in [5.41, 5.74) is 0.290. The lowest BCUT2D eigenvalue weighted by Crippen LogP contribution is -2.34. The minimum Gasteiger partial charge on any atom is -0.375 e. The highest BCUT2D eigenvalue weighted by molar-refractivity contribution is 4.91. The van der Waals surface area contributed by atoms with Crippen molar-refractivity contribution < 1.29 is 4.74 Å². The number of hydrogen-bond donors (Lipinski definition) is 0. The van der Waals surface area contributed by atoms with Gasteiger partial charge in [0.2, 0.25) is 0 Å². The molecule has 1 aliphatic heterocycles. The molecule has 58 valence electrons. The van der Waals surface area contributed by atoms with Crippen LogP contribution in [-0.2, 0) is 4.74 Å². The van der Waals surface area contributed by atoms with Crippen molar-refractivity contribution in [3.05, 3.63) is 0 Å². The lowest BCUT2D eigenvalue weighted by Gasteiger charge is -2.34. The first-order valence-electron chi connectivity index (χ1n) is 4.45. The maximum atomic E-state index is 5.74. The van der Waals surface area contributed by atoms with Crippen molar-refractivity contribution in [1.29, 1.82) is 0 Å². The van der Waals surface area contributed by atoms with Crippen LogP contribution in [0.25, 0.3) is 0 Å². The Kier molecular flexibility index (Phi) is 1.48. The van der Waals surface area contributed by atoms with E-state index in [9.17, 15) is 0 Å². The van der Waals surface area contributed by atoms with E-state index < -0.39 is 0 Å². The van der Waals surface area contributed by atoms with Crippen LogP contribution >= 0.6 is 0 Å². The molecule has 1 saturated carbocycles. The zero-order chi connectivity index (χ0) is 7.03. The Morgan fingerprint density at radius 3 is 3.00 bits per heavy atom. The van der Waals surface area contributed by atoms with Gasteiger partial charge < -0.3 is 4.74 Å². The molecule has 1 heteroatoms. The Morgan fingerprint density at radius 1 is 1.30 bits per heavy atom. The third kappa shape index (κ3) is 0.878. The highest BCUT2D eigenvalue weighted by Gasteiger charge is 2.41. The van der Waals surface area contributed by atoms with Crippen LogP contribution in [-0.4, -0.2) is 12.2 Å². The second-order valence-corrected chi connectivity index (χ2v) is 3.89. The Balaban J connectivity index is 2.10. The molecule has 0 spiro atoms. The van der Waals surface area contributed by atoms with Gasteiger partial charge in [0.1, 0.15) is 0 Å². The monoisotopic (exact) mass is 140 g/mol. The molecule has 0 aromatic carbocycles. The Bertz CT molecular complexity index is 133. The molecule has 0 amide bonds. The standard InChI is InChI=1S/C9H16O/c1-9-6-3-2-4-8(9)5-7-10-9/h8H,2-7H2,1H3/t8-,9-/m0/s1. The summed E-state index contributed by atoms with van der Waals surface area (Å²) in [6.07, 6.45) is 6.85. The zero-order valence-corrected chi connectivity index (χ0v) is 6.73. The molecular formula is C9H16O. The van der Waals surface area contributed by atoms with E-state index in [4.69, 9.17) is 4.74 Å². The van der Waals surface area contributed by atoms with Gasteiger partial charge in [0.05, 0.1) is 5.60 Å². The molecule has 2 aliphatic rings. The average molecular weight is 140 g/mol. The number of rotatable bonds is 0. The summed E-state index contributed by atoms with van der Waals surface area (Å²) in [5, 5.41) is 0. The van der Waals surface area contributed by atoms with Crippen LogP contribution < -0.4 is 0 Å². The molecule has 1 nitrogen and oxygen atoms in total. The van der Waals surface area contributed by atoms with Gasteiger partial charge in [-0.3, -0.25) is 0 Å². The van der Waals surface area contributed by atoms with Crippen LogP contribution in [0.5, 0.6) is 0 Å². The van der Waals surface area contributed by atoms with E-state index >= 15 is 0 Å². The van der Waals surface area contributed by atoms with Crippen LogP contribution in [0.3, 0.4) is 0 Å². The Hall–Kier alpha value is -0.0400. The van der Waals surface area contributed by atoms with Gasteiger partial charge in [0.25, 0.3) is 0 Å². The average Bonchev–Trinajstić information content (AvgIpc) is 2.29. The van der Waals surface area contributed by atoms with Gasteiger partial charge >= 0.3 is 0 Å². The summed E-state index contributed by atoms with van der Waals surface area (Å²) in [4.78, 5) is 0. The summed E-state index contributed by atoms with van der Waals surface area (Å²) in [7, 11) is 0. The van der Waals surface area contributed by atoms with Crippen LogP contribution in [0.1, 0.15) is 39.0 Å². The first kappa shape index (κ1) is 6.66. The lowest BCUT2D eigenvalue weighted by atomic mass is 9.77. The lowest BCUT2D eigenvalue weighted by molar-refractivity contribution is -0.0284. The molecule has 1 saturated heterocycles. The third-order valence-electron chi connectivity index (χ3n) is 3.24. The van der Waals surface area contributed by atoms with Gasteiger partial charge in [0.15, 0.2) is 0 Å². The molecule has 1 aliphatic carbocycles. The second-order valence-electron chi connectivity index (χ2n) is 3.89. The normalized spacial score (nSPS) is 47.1. The topological polar surface area (TPSA) is 9.23 Å². The van der Waals surface area contributed by atoms with Crippen molar-refractivity contribution in [2.24, 2.45) is 5.92 Å². The third-order valence-corrected chi connectivity index (χ3v) is 3.24. The minimum absolute atomic E-state index is 0.290. The van der Waals surface area contributed by atoms with E-state index in [2.05, 4.69) is 6.92 Å². The smallest absolute Gasteiger partial charge is 0.0683 e. The van der Waals surface area contributed by atoms with Crippen molar-refractivity contribution in [1.82, 2.24) is 0 Å². The summed E-state index contributed by atoms with van der Waals surface area (Å²) in [5.74, 6) is 0.890.